The molecule has 0 aliphatic heterocycles. The molecule has 0 aromatic carbocycles. The summed E-state index contributed by atoms with van der Waals surface area (Å²) in [4.78, 5) is 0. The Bertz CT molecular complexity index is 99.0. The standard InChI is InChI=1S/C10H22S/c1-5-7-8-10(4,6-2)9(3)11/h9,11H,5-8H2,1-4H3. The summed E-state index contributed by atoms with van der Waals surface area (Å²) in [5.41, 5.74) is 0.457. The monoisotopic (exact) mass is 174 g/mol. The Balaban J connectivity index is 3.88. The molecule has 0 amide bonds. The van der Waals surface area contributed by atoms with Crippen LogP contribution < -0.4 is 0 Å². The Kier molecular flexibility index (Phi) is 5.24. The molecule has 0 rings (SSSR count). The van der Waals surface area contributed by atoms with Gasteiger partial charge < -0.3 is 0 Å². The van der Waals surface area contributed by atoms with E-state index in [1.54, 1.807) is 0 Å². The van der Waals surface area contributed by atoms with Crippen molar-refractivity contribution in [2.75, 3.05) is 0 Å². The van der Waals surface area contributed by atoms with Crippen molar-refractivity contribution < 1.29 is 0 Å². The molecule has 2 unspecified atom stereocenters. The first-order valence-electron chi connectivity index (χ1n) is 4.75. The summed E-state index contributed by atoms with van der Waals surface area (Å²) in [7, 11) is 0. The second kappa shape index (κ2) is 5.08. The molecular weight excluding hydrogens is 152 g/mol. The van der Waals surface area contributed by atoms with E-state index in [1.165, 1.54) is 25.7 Å². The van der Waals surface area contributed by atoms with Gasteiger partial charge in [0.1, 0.15) is 0 Å². The first kappa shape index (κ1) is 11.4. The van der Waals surface area contributed by atoms with Crippen molar-refractivity contribution in [3.8, 4) is 0 Å². The third-order valence-corrected chi connectivity index (χ3v) is 3.54. The first-order valence-corrected chi connectivity index (χ1v) is 5.26. The quantitative estimate of drug-likeness (QED) is 0.600. The predicted molar refractivity (Wildman–Crippen MR) is 56.4 cm³/mol. The van der Waals surface area contributed by atoms with Crippen LogP contribution in [0.25, 0.3) is 0 Å². The highest BCUT2D eigenvalue weighted by atomic mass is 32.1. The molecule has 0 spiro atoms. The lowest BCUT2D eigenvalue weighted by Gasteiger charge is -2.31. The summed E-state index contributed by atoms with van der Waals surface area (Å²) >= 11 is 4.53. The molecule has 0 nitrogen and oxygen atoms in total. The van der Waals surface area contributed by atoms with Gasteiger partial charge in [-0.25, -0.2) is 0 Å². The highest BCUT2D eigenvalue weighted by molar-refractivity contribution is 7.81. The second-order valence-electron chi connectivity index (χ2n) is 3.79. The summed E-state index contributed by atoms with van der Waals surface area (Å²) in [6.45, 7) is 9.07. The molecule has 0 aliphatic carbocycles. The van der Waals surface area contributed by atoms with Gasteiger partial charge in [0.2, 0.25) is 0 Å². The SMILES string of the molecule is CCCCC(C)(CC)C(C)S. The van der Waals surface area contributed by atoms with E-state index in [-0.39, 0.29) is 0 Å². The topological polar surface area (TPSA) is 0 Å². The van der Waals surface area contributed by atoms with Crippen LogP contribution in [0.4, 0.5) is 0 Å². The maximum atomic E-state index is 4.53. The molecule has 0 bridgehead atoms. The van der Waals surface area contributed by atoms with E-state index in [0.29, 0.717) is 10.7 Å². The lowest BCUT2D eigenvalue weighted by Crippen LogP contribution is -2.24. The van der Waals surface area contributed by atoms with E-state index in [9.17, 15) is 0 Å². The number of hydrogen-bond acceptors (Lipinski definition) is 1. The normalized spacial score (nSPS) is 19.4. The van der Waals surface area contributed by atoms with Crippen LogP contribution in [0.5, 0.6) is 0 Å². The molecule has 0 fully saturated rings. The van der Waals surface area contributed by atoms with Crippen LogP contribution in [-0.4, -0.2) is 5.25 Å². The van der Waals surface area contributed by atoms with E-state index in [4.69, 9.17) is 0 Å². The van der Waals surface area contributed by atoms with Crippen LogP contribution in [0.3, 0.4) is 0 Å². The third-order valence-electron chi connectivity index (χ3n) is 2.92. The number of thiol groups is 1. The third kappa shape index (κ3) is 3.50. The molecule has 11 heavy (non-hydrogen) atoms. The lowest BCUT2D eigenvalue weighted by atomic mass is 9.79. The number of hydrogen-bond donors (Lipinski definition) is 1. The Labute approximate surface area is 77.2 Å². The van der Waals surface area contributed by atoms with Crippen molar-refractivity contribution in [2.45, 2.75) is 58.6 Å². The van der Waals surface area contributed by atoms with E-state index < -0.39 is 0 Å². The lowest BCUT2D eigenvalue weighted by molar-refractivity contribution is 0.276. The minimum atomic E-state index is 0.457. The highest BCUT2D eigenvalue weighted by Crippen LogP contribution is 2.34. The second-order valence-corrected chi connectivity index (χ2v) is 4.56. The summed E-state index contributed by atoms with van der Waals surface area (Å²) in [6.07, 6.45) is 5.22. The molecular formula is C10H22S. The van der Waals surface area contributed by atoms with E-state index in [0.717, 1.165) is 0 Å². The van der Waals surface area contributed by atoms with Gasteiger partial charge in [-0.2, -0.15) is 12.6 Å². The molecule has 0 aliphatic rings. The number of rotatable bonds is 5. The molecule has 0 saturated heterocycles. The highest BCUT2D eigenvalue weighted by Gasteiger charge is 2.25. The number of unbranched alkanes of at least 4 members (excludes halogenated alkanes) is 1. The van der Waals surface area contributed by atoms with Crippen LogP contribution in [0, 0.1) is 5.41 Å². The van der Waals surface area contributed by atoms with Gasteiger partial charge in [-0.1, -0.05) is 40.5 Å². The van der Waals surface area contributed by atoms with Crippen LogP contribution in [0.15, 0.2) is 0 Å². The molecule has 0 saturated carbocycles. The van der Waals surface area contributed by atoms with Crippen molar-refractivity contribution in [1.29, 1.82) is 0 Å². The van der Waals surface area contributed by atoms with Crippen molar-refractivity contribution in [3.63, 3.8) is 0 Å². The molecule has 0 heterocycles. The van der Waals surface area contributed by atoms with Gasteiger partial charge in [0.05, 0.1) is 0 Å². The van der Waals surface area contributed by atoms with Crippen molar-refractivity contribution in [3.05, 3.63) is 0 Å². The van der Waals surface area contributed by atoms with Gasteiger partial charge >= 0.3 is 0 Å². The van der Waals surface area contributed by atoms with Gasteiger partial charge in [-0.05, 0) is 18.3 Å². The van der Waals surface area contributed by atoms with Gasteiger partial charge in [0.15, 0.2) is 0 Å². The first-order chi connectivity index (χ1) is 5.06. The zero-order valence-electron chi connectivity index (χ0n) is 8.35. The molecule has 0 aromatic heterocycles. The molecule has 1 heteroatoms. The van der Waals surface area contributed by atoms with Crippen LogP contribution in [0.2, 0.25) is 0 Å². The van der Waals surface area contributed by atoms with Crippen LogP contribution >= 0.6 is 12.6 Å². The van der Waals surface area contributed by atoms with Gasteiger partial charge in [-0.3, -0.25) is 0 Å². The van der Waals surface area contributed by atoms with Gasteiger partial charge in [0.25, 0.3) is 0 Å². The van der Waals surface area contributed by atoms with Crippen molar-refractivity contribution in [1.82, 2.24) is 0 Å². The van der Waals surface area contributed by atoms with E-state index in [1.807, 2.05) is 0 Å². The Morgan fingerprint density at radius 3 is 2.18 bits per heavy atom. The van der Waals surface area contributed by atoms with Crippen LogP contribution in [-0.2, 0) is 0 Å². The minimum Gasteiger partial charge on any atom is -0.176 e. The minimum absolute atomic E-state index is 0.457. The Morgan fingerprint density at radius 1 is 1.36 bits per heavy atom. The Hall–Kier alpha value is 0.350. The van der Waals surface area contributed by atoms with Gasteiger partial charge in [0, 0.05) is 5.25 Å². The molecule has 0 N–H and O–H groups in total. The summed E-state index contributed by atoms with van der Waals surface area (Å²) < 4.78 is 0. The van der Waals surface area contributed by atoms with Crippen LogP contribution in [0.1, 0.15) is 53.4 Å². The fourth-order valence-electron chi connectivity index (χ4n) is 1.26. The smallest absolute Gasteiger partial charge is 0.00422 e. The molecule has 2 atom stereocenters. The van der Waals surface area contributed by atoms with Crippen molar-refractivity contribution in [2.24, 2.45) is 5.41 Å². The zero-order chi connectivity index (χ0) is 8.91. The maximum absolute atomic E-state index is 4.53. The predicted octanol–water partition coefficient (Wildman–Crippen LogP) is 3.91. The zero-order valence-corrected chi connectivity index (χ0v) is 9.25. The average Bonchev–Trinajstić information content (AvgIpc) is 2.00. The summed E-state index contributed by atoms with van der Waals surface area (Å²) in [6, 6.07) is 0. The summed E-state index contributed by atoms with van der Waals surface area (Å²) in [5, 5.41) is 0.527. The summed E-state index contributed by atoms with van der Waals surface area (Å²) in [5.74, 6) is 0. The maximum Gasteiger partial charge on any atom is 0.00422 e. The fourth-order valence-corrected chi connectivity index (χ4v) is 1.57. The molecule has 0 aromatic rings. The average molecular weight is 174 g/mol. The van der Waals surface area contributed by atoms with E-state index >= 15 is 0 Å². The largest absolute Gasteiger partial charge is 0.176 e. The Morgan fingerprint density at radius 2 is 1.91 bits per heavy atom. The van der Waals surface area contributed by atoms with Gasteiger partial charge in [-0.15, -0.1) is 0 Å². The van der Waals surface area contributed by atoms with Crippen molar-refractivity contribution >= 4 is 12.6 Å². The fraction of sp³-hybridized carbons (Fsp3) is 1.00. The van der Waals surface area contributed by atoms with E-state index in [2.05, 4.69) is 40.3 Å². The molecule has 0 radical (unpaired) electrons. The molecule has 68 valence electrons.